The minimum absolute atomic E-state index is 0. The number of benzene rings is 1. The number of para-hydroxylation sites is 1. The molecule has 2 nitrogen and oxygen atoms in total. The highest BCUT2D eigenvalue weighted by Gasteiger charge is 2.14. The lowest BCUT2D eigenvalue weighted by Gasteiger charge is -2.04. The standard InChI is InChI=1S/C25H42N2.BrH/c1-4-5-6-7-8-9-10-11-12-13-14-15-16-17-19-23-20-18-21-24-25(23)26-22(2)27(24)3;/h18,20-21H,4-17,19H2,1-3H3;1H. The quantitative estimate of drug-likeness (QED) is 0.307. The number of H-pyrrole nitrogens is 1. The minimum Gasteiger partial charge on any atom is -1.00 e. The fourth-order valence-corrected chi connectivity index (χ4v) is 4.17. The van der Waals surface area contributed by atoms with Gasteiger partial charge in [-0.2, -0.15) is 0 Å². The number of unbranched alkanes of at least 4 members (excludes halogenated alkanes) is 13. The van der Waals surface area contributed by atoms with E-state index in [1.54, 1.807) is 0 Å². The molecule has 2 rings (SSSR count). The molecule has 0 aliphatic carbocycles. The molecular weight excluding hydrogens is 408 g/mol. The largest absolute Gasteiger partial charge is 1.00 e. The van der Waals surface area contributed by atoms with Gasteiger partial charge in [-0.25, -0.2) is 9.55 Å². The van der Waals surface area contributed by atoms with E-state index in [4.69, 9.17) is 0 Å². The van der Waals surface area contributed by atoms with Gasteiger partial charge in [-0.3, -0.25) is 0 Å². The Labute approximate surface area is 184 Å². The van der Waals surface area contributed by atoms with Crippen molar-refractivity contribution in [3.63, 3.8) is 0 Å². The van der Waals surface area contributed by atoms with Crippen molar-refractivity contribution in [3.05, 3.63) is 29.6 Å². The van der Waals surface area contributed by atoms with Gasteiger partial charge in [0.2, 0.25) is 0 Å². The number of rotatable bonds is 15. The van der Waals surface area contributed by atoms with Crippen LogP contribution in [0.4, 0.5) is 0 Å². The van der Waals surface area contributed by atoms with E-state index in [9.17, 15) is 0 Å². The molecular formula is C25H43BrN2. The molecule has 1 aromatic heterocycles. The van der Waals surface area contributed by atoms with E-state index in [0.29, 0.717) is 0 Å². The molecule has 1 N–H and O–H groups in total. The summed E-state index contributed by atoms with van der Waals surface area (Å²) in [5.41, 5.74) is 4.15. The molecule has 2 aromatic rings. The number of aryl methyl sites for hydroxylation is 3. The van der Waals surface area contributed by atoms with Crippen molar-refractivity contribution in [2.24, 2.45) is 7.05 Å². The Morgan fingerprint density at radius 3 is 1.79 bits per heavy atom. The van der Waals surface area contributed by atoms with Crippen molar-refractivity contribution in [1.82, 2.24) is 4.98 Å². The van der Waals surface area contributed by atoms with E-state index in [1.807, 2.05) is 0 Å². The molecule has 0 atom stereocenters. The van der Waals surface area contributed by atoms with Crippen LogP contribution in [0, 0.1) is 6.92 Å². The van der Waals surface area contributed by atoms with Gasteiger partial charge in [0.25, 0.3) is 5.82 Å². The molecule has 0 amide bonds. The van der Waals surface area contributed by atoms with E-state index in [0.717, 1.165) is 0 Å². The molecule has 0 radical (unpaired) electrons. The van der Waals surface area contributed by atoms with Crippen LogP contribution in [0.1, 0.15) is 108 Å². The monoisotopic (exact) mass is 450 g/mol. The first-order valence-corrected chi connectivity index (χ1v) is 11.7. The molecule has 0 saturated carbocycles. The maximum Gasteiger partial charge on any atom is 0.251 e. The molecule has 1 heterocycles. The zero-order valence-corrected chi connectivity index (χ0v) is 20.2. The van der Waals surface area contributed by atoms with E-state index in [-0.39, 0.29) is 17.0 Å². The van der Waals surface area contributed by atoms with Crippen molar-refractivity contribution >= 4 is 11.0 Å². The summed E-state index contributed by atoms with van der Waals surface area (Å²) >= 11 is 0. The van der Waals surface area contributed by atoms with Crippen LogP contribution in [0.25, 0.3) is 11.0 Å². The van der Waals surface area contributed by atoms with Crippen LogP contribution in [0.15, 0.2) is 18.2 Å². The summed E-state index contributed by atoms with van der Waals surface area (Å²) in [4.78, 5) is 3.56. The Hall–Kier alpha value is -0.830. The topological polar surface area (TPSA) is 19.7 Å². The third-order valence-corrected chi connectivity index (χ3v) is 6.10. The number of aromatic nitrogens is 2. The SMILES string of the molecule is CCCCCCCCCCCCCCCCc1cccc2c1[nH]c(C)[n+]2C.[Br-]. The molecule has 1 aromatic carbocycles. The predicted octanol–water partition coefficient (Wildman–Crippen LogP) is 4.33. The highest BCUT2D eigenvalue weighted by Crippen LogP contribution is 2.18. The maximum atomic E-state index is 3.56. The fourth-order valence-electron chi connectivity index (χ4n) is 4.17. The number of fused-ring (bicyclic) bond motifs is 1. The summed E-state index contributed by atoms with van der Waals surface area (Å²) in [5.74, 6) is 1.23. The van der Waals surface area contributed by atoms with Crippen LogP contribution in [0.3, 0.4) is 0 Å². The van der Waals surface area contributed by atoms with Crippen LogP contribution >= 0.6 is 0 Å². The van der Waals surface area contributed by atoms with E-state index < -0.39 is 0 Å². The normalized spacial score (nSPS) is 11.1. The van der Waals surface area contributed by atoms with Crippen LogP contribution < -0.4 is 21.5 Å². The van der Waals surface area contributed by atoms with Crippen LogP contribution in [0.2, 0.25) is 0 Å². The van der Waals surface area contributed by atoms with E-state index in [1.165, 1.54) is 119 Å². The van der Waals surface area contributed by atoms with E-state index in [2.05, 4.69) is 48.6 Å². The molecule has 160 valence electrons. The third-order valence-electron chi connectivity index (χ3n) is 6.10. The highest BCUT2D eigenvalue weighted by molar-refractivity contribution is 5.75. The first kappa shape index (κ1) is 25.2. The van der Waals surface area contributed by atoms with Gasteiger partial charge in [0.15, 0.2) is 11.0 Å². The summed E-state index contributed by atoms with van der Waals surface area (Å²) in [6.45, 7) is 4.44. The number of aromatic amines is 1. The molecule has 0 saturated heterocycles. The van der Waals surface area contributed by atoms with Gasteiger partial charge in [0, 0.05) is 12.5 Å². The first-order valence-electron chi connectivity index (χ1n) is 11.7. The second-order valence-electron chi connectivity index (χ2n) is 8.43. The Kier molecular flexibility index (Phi) is 13.6. The number of nitrogens with zero attached hydrogens (tertiary/aromatic N) is 1. The van der Waals surface area contributed by atoms with Gasteiger partial charge in [-0.1, -0.05) is 103 Å². The average molecular weight is 452 g/mol. The van der Waals surface area contributed by atoms with Crippen molar-refractivity contribution in [3.8, 4) is 0 Å². The van der Waals surface area contributed by atoms with Gasteiger partial charge < -0.3 is 17.0 Å². The molecule has 0 aliphatic rings. The average Bonchev–Trinajstić information content (AvgIpc) is 2.97. The number of nitrogens with one attached hydrogen (secondary N) is 1. The van der Waals surface area contributed by atoms with Crippen molar-refractivity contribution < 1.29 is 21.5 Å². The highest BCUT2D eigenvalue weighted by atomic mass is 79.9. The smallest absolute Gasteiger partial charge is 0.251 e. The van der Waals surface area contributed by atoms with Gasteiger partial charge in [0.05, 0.1) is 7.05 Å². The van der Waals surface area contributed by atoms with Crippen LogP contribution in [-0.2, 0) is 13.5 Å². The molecule has 0 unspecified atom stereocenters. The lowest BCUT2D eigenvalue weighted by atomic mass is 10.0. The van der Waals surface area contributed by atoms with Crippen molar-refractivity contribution in [1.29, 1.82) is 0 Å². The second-order valence-corrected chi connectivity index (χ2v) is 8.43. The zero-order valence-electron chi connectivity index (χ0n) is 18.7. The number of hydrogen-bond donors (Lipinski definition) is 1. The Morgan fingerprint density at radius 1 is 0.750 bits per heavy atom. The maximum absolute atomic E-state index is 3.56. The minimum atomic E-state index is 0. The molecule has 0 fully saturated rings. The van der Waals surface area contributed by atoms with Gasteiger partial charge in [-0.05, 0) is 18.9 Å². The van der Waals surface area contributed by atoms with Crippen molar-refractivity contribution in [2.75, 3.05) is 0 Å². The number of imidazole rings is 1. The summed E-state index contributed by atoms with van der Waals surface area (Å²) in [5, 5.41) is 0. The van der Waals surface area contributed by atoms with Crippen molar-refractivity contribution in [2.45, 2.75) is 110 Å². The molecule has 28 heavy (non-hydrogen) atoms. The number of halogens is 1. The lowest BCUT2D eigenvalue weighted by molar-refractivity contribution is -0.651. The summed E-state index contributed by atoms with van der Waals surface area (Å²) < 4.78 is 2.25. The predicted molar refractivity (Wildman–Crippen MR) is 118 cm³/mol. The fraction of sp³-hybridized carbons (Fsp3) is 0.720. The third kappa shape index (κ3) is 8.68. The van der Waals surface area contributed by atoms with Gasteiger partial charge >= 0.3 is 0 Å². The zero-order chi connectivity index (χ0) is 19.3. The Morgan fingerprint density at radius 2 is 1.25 bits per heavy atom. The Bertz CT molecular complexity index is 647. The molecule has 3 heteroatoms. The van der Waals surface area contributed by atoms with Gasteiger partial charge in [-0.15, -0.1) is 0 Å². The van der Waals surface area contributed by atoms with Crippen LogP contribution in [0.5, 0.6) is 0 Å². The summed E-state index contributed by atoms with van der Waals surface area (Å²) in [7, 11) is 2.14. The van der Waals surface area contributed by atoms with E-state index >= 15 is 0 Å². The molecule has 0 spiro atoms. The second kappa shape index (κ2) is 15.1. The summed E-state index contributed by atoms with van der Waals surface area (Å²) in [6, 6.07) is 6.71. The Balaban J connectivity index is 0.00000392. The van der Waals surface area contributed by atoms with Crippen LogP contribution in [-0.4, -0.2) is 4.98 Å². The number of hydrogen-bond acceptors (Lipinski definition) is 0. The van der Waals surface area contributed by atoms with Gasteiger partial charge in [0.1, 0.15) is 0 Å². The molecule has 0 aliphatic heterocycles. The lowest BCUT2D eigenvalue weighted by Crippen LogP contribution is -3.00. The first-order chi connectivity index (χ1) is 13.2. The molecule has 0 bridgehead atoms. The summed E-state index contributed by atoms with van der Waals surface area (Å²) in [6.07, 6.45) is 21.2.